The lowest BCUT2D eigenvalue weighted by molar-refractivity contribution is -0.132. The number of fused-ring (bicyclic) bond motifs is 1. The second-order valence-corrected chi connectivity index (χ2v) is 7.58. The molecule has 3 aromatic rings. The topological polar surface area (TPSA) is 71.8 Å². The number of carbonyl (C=O) groups is 1. The van der Waals surface area contributed by atoms with Crippen LogP contribution in [0.2, 0.25) is 0 Å². The largest absolute Gasteiger partial charge is 0.496 e. The van der Waals surface area contributed by atoms with E-state index in [1.807, 2.05) is 39.8 Å². The summed E-state index contributed by atoms with van der Waals surface area (Å²) in [6.45, 7) is 4.50. The Morgan fingerprint density at radius 3 is 3.03 bits per heavy atom. The van der Waals surface area contributed by atoms with E-state index in [2.05, 4.69) is 17.2 Å². The molecule has 1 amide bonds. The predicted molar refractivity (Wildman–Crippen MR) is 113 cm³/mol. The molecule has 152 valence electrons. The SMILES string of the molecule is COc1ccccc1-c1nc2cnccn2c1NCCC(=O)N1CCCC(C)C1. The summed E-state index contributed by atoms with van der Waals surface area (Å²) in [7, 11) is 1.65. The van der Waals surface area contributed by atoms with Crippen LogP contribution in [0.3, 0.4) is 0 Å². The summed E-state index contributed by atoms with van der Waals surface area (Å²) in [5.74, 6) is 2.39. The number of rotatable bonds is 6. The molecule has 3 heterocycles. The van der Waals surface area contributed by atoms with Crippen molar-refractivity contribution in [2.75, 3.05) is 32.1 Å². The molecule has 1 aliphatic rings. The fourth-order valence-electron chi connectivity index (χ4n) is 3.97. The number of nitrogens with zero attached hydrogens (tertiary/aromatic N) is 4. The maximum Gasteiger partial charge on any atom is 0.224 e. The molecule has 0 saturated carbocycles. The molecule has 1 unspecified atom stereocenters. The molecule has 1 atom stereocenters. The number of imidazole rings is 1. The van der Waals surface area contributed by atoms with Crippen molar-refractivity contribution in [2.24, 2.45) is 5.92 Å². The second kappa shape index (κ2) is 8.51. The maximum atomic E-state index is 12.6. The lowest BCUT2D eigenvalue weighted by atomic mass is 10.00. The predicted octanol–water partition coefficient (Wildman–Crippen LogP) is 3.47. The molecule has 0 radical (unpaired) electrons. The fraction of sp³-hybridized carbons (Fsp3) is 0.409. The second-order valence-electron chi connectivity index (χ2n) is 7.58. The summed E-state index contributed by atoms with van der Waals surface area (Å²) in [5.41, 5.74) is 2.43. The number of likely N-dealkylation sites (tertiary alicyclic amines) is 1. The van der Waals surface area contributed by atoms with Crippen LogP contribution in [-0.4, -0.2) is 51.9 Å². The standard InChI is InChI=1S/C22H27N5O2/c1-16-6-5-12-26(15-16)20(28)9-10-24-22-21(17-7-3-4-8-18(17)29-2)25-19-14-23-11-13-27(19)22/h3-4,7-8,11,13-14,16,24H,5-6,9-10,12,15H2,1-2H3. The van der Waals surface area contributed by atoms with Gasteiger partial charge in [-0.05, 0) is 30.9 Å². The van der Waals surface area contributed by atoms with Gasteiger partial charge >= 0.3 is 0 Å². The van der Waals surface area contributed by atoms with Crippen molar-refractivity contribution >= 4 is 17.4 Å². The van der Waals surface area contributed by atoms with Crippen molar-refractivity contribution in [1.82, 2.24) is 19.3 Å². The summed E-state index contributed by atoms with van der Waals surface area (Å²) in [6.07, 6.45) is 8.09. The zero-order valence-electron chi connectivity index (χ0n) is 17.0. The molecule has 0 spiro atoms. The summed E-state index contributed by atoms with van der Waals surface area (Å²) in [4.78, 5) is 23.5. The van der Waals surface area contributed by atoms with Gasteiger partial charge in [0.05, 0.1) is 13.3 Å². The highest BCUT2D eigenvalue weighted by Crippen LogP contribution is 2.34. The van der Waals surface area contributed by atoms with Gasteiger partial charge in [0.1, 0.15) is 17.3 Å². The highest BCUT2D eigenvalue weighted by molar-refractivity contribution is 5.81. The third kappa shape index (κ3) is 4.04. The van der Waals surface area contributed by atoms with Crippen LogP contribution in [0.25, 0.3) is 16.9 Å². The van der Waals surface area contributed by atoms with E-state index in [0.29, 0.717) is 18.9 Å². The van der Waals surface area contributed by atoms with Crippen LogP contribution < -0.4 is 10.1 Å². The van der Waals surface area contributed by atoms with E-state index in [9.17, 15) is 4.79 Å². The Balaban J connectivity index is 1.56. The van der Waals surface area contributed by atoms with Crippen LogP contribution in [0.4, 0.5) is 5.82 Å². The number of amides is 1. The van der Waals surface area contributed by atoms with Crippen molar-refractivity contribution in [3.63, 3.8) is 0 Å². The van der Waals surface area contributed by atoms with Crippen LogP contribution in [0.15, 0.2) is 42.9 Å². The number of ether oxygens (including phenoxy) is 1. The Bertz CT molecular complexity index is 1000. The van der Waals surface area contributed by atoms with Crippen molar-refractivity contribution in [3.05, 3.63) is 42.9 Å². The van der Waals surface area contributed by atoms with Gasteiger partial charge in [0.2, 0.25) is 5.91 Å². The lowest BCUT2D eigenvalue weighted by Gasteiger charge is -2.31. The van der Waals surface area contributed by atoms with Gasteiger partial charge in [-0.1, -0.05) is 19.1 Å². The van der Waals surface area contributed by atoms with Gasteiger partial charge in [0.25, 0.3) is 0 Å². The molecule has 0 bridgehead atoms. The van der Waals surface area contributed by atoms with Gasteiger partial charge < -0.3 is 15.0 Å². The first-order valence-corrected chi connectivity index (χ1v) is 10.1. The van der Waals surface area contributed by atoms with Gasteiger partial charge in [-0.2, -0.15) is 0 Å². The van der Waals surface area contributed by atoms with E-state index in [-0.39, 0.29) is 5.91 Å². The number of hydrogen-bond donors (Lipinski definition) is 1. The van der Waals surface area contributed by atoms with Crippen LogP contribution >= 0.6 is 0 Å². The van der Waals surface area contributed by atoms with Crippen molar-refractivity contribution in [3.8, 4) is 17.0 Å². The highest BCUT2D eigenvalue weighted by atomic mass is 16.5. The summed E-state index contributed by atoms with van der Waals surface area (Å²) < 4.78 is 7.49. The monoisotopic (exact) mass is 393 g/mol. The first-order valence-electron chi connectivity index (χ1n) is 10.1. The smallest absolute Gasteiger partial charge is 0.224 e. The van der Waals surface area contributed by atoms with Gasteiger partial charge in [-0.25, -0.2) is 4.98 Å². The number of piperidine rings is 1. The quantitative estimate of drug-likeness (QED) is 0.694. The Morgan fingerprint density at radius 1 is 1.34 bits per heavy atom. The zero-order valence-corrected chi connectivity index (χ0v) is 17.0. The number of aromatic nitrogens is 3. The van der Waals surface area contributed by atoms with E-state index in [1.54, 1.807) is 19.5 Å². The molecular weight excluding hydrogens is 366 g/mol. The lowest BCUT2D eigenvalue weighted by Crippen LogP contribution is -2.39. The third-order valence-electron chi connectivity index (χ3n) is 5.43. The molecule has 29 heavy (non-hydrogen) atoms. The number of methoxy groups -OCH3 is 1. The minimum Gasteiger partial charge on any atom is -0.496 e. The average molecular weight is 393 g/mol. The molecule has 2 aromatic heterocycles. The number of nitrogens with one attached hydrogen (secondary N) is 1. The van der Waals surface area contributed by atoms with Gasteiger partial charge in [-0.15, -0.1) is 0 Å². The highest BCUT2D eigenvalue weighted by Gasteiger charge is 2.21. The van der Waals surface area contributed by atoms with Gasteiger partial charge in [0, 0.05) is 44.0 Å². The number of hydrogen-bond acceptors (Lipinski definition) is 5. The Labute approximate surface area is 170 Å². The average Bonchev–Trinajstić information content (AvgIpc) is 3.12. The van der Waals surface area contributed by atoms with Crippen LogP contribution in [0.5, 0.6) is 5.75 Å². The van der Waals surface area contributed by atoms with Crippen molar-refractivity contribution < 1.29 is 9.53 Å². The first-order chi connectivity index (χ1) is 14.2. The van der Waals surface area contributed by atoms with E-state index in [1.165, 1.54) is 6.42 Å². The zero-order chi connectivity index (χ0) is 20.2. The number of anilines is 1. The number of para-hydroxylation sites is 1. The van der Waals surface area contributed by atoms with Crippen LogP contribution in [0.1, 0.15) is 26.2 Å². The molecule has 1 saturated heterocycles. The van der Waals surface area contributed by atoms with E-state index in [4.69, 9.17) is 9.72 Å². The Kier molecular flexibility index (Phi) is 5.64. The van der Waals surface area contributed by atoms with Gasteiger partial charge in [-0.3, -0.25) is 14.2 Å². The summed E-state index contributed by atoms with van der Waals surface area (Å²) >= 11 is 0. The molecule has 1 aromatic carbocycles. The first kappa shape index (κ1) is 19.2. The Morgan fingerprint density at radius 2 is 2.21 bits per heavy atom. The molecule has 1 fully saturated rings. The van der Waals surface area contributed by atoms with Crippen molar-refractivity contribution in [2.45, 2.75) is 26.2 Å². The molecule has 4 rings (SSSR count). The molecule has 0 aliphatic carbocycles. The van der Waals surface area contributed by atoms with Gasteiger partial charge in [0.15, 0.2) is 5.65 Å². The maximum absolute atomic E-state index is 12.6. The van der Waals surface area contributed by atoms with E-state index in [0.717, 1.165) is 48.0 Å². The Hall–Kier alpha value is -3.09. The van der Waals surface area contributed by atoms with Crippen LogP contribution in [0, 0.1) is 5.92 Å². The molecule has 1 aliphatic heterocycles. The van der Waals surface area contributed by atoms with Crippen molar-refractivity contribution in [1.29, 1.82) is 0 Å². The number of benzene rings is 1. The molecule has 7 heteroatoms. The van der Waals surface area contributed by atoms with E-state index < -0.39 is 0 Å². The molecule has 1 N–H and O–H groups in total. The molecule has 7 nitrogen and oxygen atoms in total. The molecular formula is C22H27N5O2. The van der Waals surface area contributed by atoms with Crippen LogP contribution in [-0.2, 0) is 4.79 Å². The number of carbonyl (C=O) groups excluding carboxylic acids is 1. The minimum atomic E-state index is 0.207. The summed E-state index contributed by atoms with van der Waals surface area (Å²) in [5, 5.41) is 3.44. The van der Waals surface area contributed by atoms with E-state index >= 15 is 0 Å². The minimum absolute atomic E-state index is 0.207. The fourth-order valence-corrected chi connectivity index (χ4v) is 3.97. The normalized spacial score (nSPS) is 16.8. The third-order valence-corrected chi connectivity index (χ3v) is 5.43. The summed E-state index contributed by atoms with van der Waals surface area (Å²) in [6, 6.07) is 7.80.